The molecule has 1 rings (SSSR count). The topological polar surface area (TPSA) is 43.7 Å². The van der Waals surface area contributed by atoms with E-state index in [1.165, 1.54) is 0 Å². The van der Waals surface area contributed by atoms with Crippen LogP contribution in [0.25, 0.3) is 0 Å². The Morgan fingerprint density at radius 2 is 2.23 bits per heavy atom. The van der Waals surface area contributed by atoms with Crippen molar-refractivity contribution in [3.63, 3.8) is 0 Å². The lowest BCUT2D eigenvalue weighted by molar-refractivity contribution is 0.00585. The van der Waals surface area contributed by atoms with Crippen LogP contribution in [-0.2, 0) is 0 Å². The van der Waals surface area contributed by atoms with Crippen LogP contribution in [0.5, 0.6) is 0 Å². The van der Waals surface area contributed by atoms with Gasteiger partial charge < -0.3 is 10.2 Å². The minimum Gasteiger partial charge on any atom is -0.395 e. The van der Waals surface area contributed by atoms with Crippen LogP contribution in [0.4, 0.5) is 0 Å². The molecule has 2 atom stereocenters. The molecule has 1 heterocycles. The Balaban J connectivity index is 2.43. The largest absolute Gasteiger partial charge is 0.395 e. The number of aliphatic hydroxyl groups excluding tert-OH is 1. The quantitative estimate of drug-likeness (QED) is 0.677. The second-order valence-electron chi connectivity index (χ2n) is 4.30. The molecule has 1 unspecified atom stereocenters. The normalized spacial score (nSPS) is 29.1. The molecule has 78 valence electrons. The Kier molecular flexibility index (Phi) is 3.71. The highest BCUT2D eigenvalue weighted by Gasteiger charge is 2.29. The molecule has 1 fully saturated rings. The highest BCUT2D eigenvalue weighted by atomic mass is 16.3. The van der Waals surface area contributed by atoms with Crippen molar-refractivity contribution in [2.24, 2.45) is 0 Å². The van der Waals surface area contributed by atoms with Crippen LogP contribution in [0.15, 0.2) is 0 Å². The fourth-order valence-corrected chi connectivity index (χ4v) is 1.86. The molecule has 1 saturated heterocycles. The second kappa shape index (κ2) is 4.40. The van der Waals surface area contributed by atoms with Crippen LogP contribution < -0.4 is 0 Å². The summed E-state index contributed by atoms with van der Waals surface area (Å²) in [6, 6.07) is 0.276. The van der Waals surface area contributed by atoms with Crippen molar-refractivity contribution in [3.8, 4) is 0 Å². The lowest BCUT2D eigenvalue weighted by Gasteiger charge is -2.31. The van der Waals surface area contributed by atoms with E-state index >= 15 is 0 Å². The van der Waals surface area contributed by atoms with E-state index in [-0.39, 0.29) is 12.6 Å². The minimum absolute atomic E-state index is 0.222. The number of β-amino-alcohol motifs (C(OH)–C–C–N with tert-alkyl or cyclic N) is 1. The third kappa shape index (κ3) is 2.93. The summed E-state index contributed by atoms with van der Waals surface area (Å²) in [6.45, 7) is 5.78. The zero-order valence-electron chi connectivity index (χ0n) is 8.66. The lowest BCUT2D eigenvalue weighted by atomic mass is 10.0. The van der Waals surface area contributed by atoms with Crippen LogP contribution in [0.3, 0.4) is 0 Å². The van der Waals surface area contributed by atoms with Crippen LogP contribution in [-0.4, -0.2) is 46.5 Å². The van der Waals surface area contributed by atoms with Gasteiger partial charge in [0.1, 0.15) is 0 Å². The van der Waals surface area contributed by atoms with Crippen molar-refractivity contribution in [1.29, 1.82) is 0 Å². The monoisotopic (exact) mass is 187 g/mol. The Morgan fingerprint density at radius 3 is 2.77 bits per heavy atom. The van der Waals surface area contributed by atoms with Gasteiger partial charge in [-0.25, -0.2) is 0 Å². The highest BCUT2D eigenvalue weighted by Crippen LogP contribution is 2.20. The first-order chi connectivity index (χ1) is 6.09. The molecule has 0 bridgehead atoms. The van der Waals surface area contributed by atoms with Crippen molar-refractivity contribution in [2.75, 3.05) is 19.7 Å². The molecular weight excluding hydrogens is 166 g/mol. The second-order valence-corrected chi connectivity index (χ2v) is 4.30. The van der Waals surface area contributed by atoms with Gasteiger partial charge in [0.15, 0.2) is 0 Å². The fourth-order valence-electron chi connectivity index (χ4n) is 1.86. The number of aliphatic hydroxyl groups is 2. The molecule has 0 amide bonds. The lowest BCUT2D eigenvalue weighted by Crippen LogP contribution is -2.43. The van der Waals surface area contributed by atoms with Gasteiger partial charge in [0.2, 0.25) is 0 Å². The SMILES string of the molecule is CCC(C)(O)CN1CCC[C@H]1CO. The first-order valence-electron chi connectivity index (χ1n) is 5.16. The van der Waals surface area contributed by atoms with Crippen molar-refractivity contribution in [2.45, 2.75) is 44.8 Å². The van der Waals surface area contributed by atoms with Gasteiger partial charge in [-0.05, 0) is 32.7 Å². The Hall–Kier alpha value is -0.120. The summed E-state index contributed by atoms with van der Waals surface area (Å²) in [7, 11) is 0. The number of likely N-dealkylation sites (tertiary alicyclic amines) is 1. The Labute approximate surface area is 80.4 Å². The predicted octanol–water partition coefficient (Wildman–Crippen LogP) is 0.604. The van der Waals surface area contributed by atoms with Gasteiger partial charge >= 0.3 is 0 Å². The standard InChI is InChI=1S/C10H21NO2/c1-3-10(2,13)8-11-6-4-5-9(11)7-12/h9,12-13H,3-8H2,1-2H3/t9-,10?/m0/s1. The molecule has 1 aliphatic rings. The highest BCUT2D eigenvalue weighted by molar-refractivity contribution is 4.84. The van der Waals surface area contributed by atoms with E-state index in [2.05, 4.69) is 4.90 Å². The van der Waals surface area contributed by atoms with Gasteiger partial charge in [0.05, 0.1) is 12.2 Å². The van der Waals surface area contributed by atoms with Crippen molar-refractivity contribution >= 4 is 0 Å². The molecule has 0 aromatic rings. The Bertz CT molecular complexity index is 159. The van der Waals surface area contributed by atoms with Gasteiger partial charge in [-0.1, -0.05) is 6.92 Å². The van der Waals surface area contributed by atoms with Crippen LogP contribution >= 0.6 is 0 Å². The van der Waals surface area contributed by atoms with E-state index in [0.717, 1.165) is 25.8 Å². The predicted molar refractivity (Wildman–Crippen MR) is 52.6 cm³/mol. The maximum absolute atomic E-state index is 9.87. The molecular formula is C10H21NO2. The van der Waals surface area contributed by atoms with E-state index in [4.69, 9.17) is 5.11 Å². The average Bonchev–Trinajstić information content (AvgIpc) is 2.51. The van der Waals surface area contributed by atoms with Crippen LogP contribution in [0.1, 0.15) is 33.1 Å². The maximum atomic E-state index is 9.87. The van der Waals surface area contributed by atoms with E-state index in [1.807, 2.05) is 13.8 Å². The fraction of sp³-hybridized carbons (Fsp3) is 1.00. The van der Waals surface area contributed by atoms with Crippen molar-refractivity contribution in [1.82, 2.24) is 4.90 Å². The van der Waals surface area contributed by atoms with E-state index in [9.17, 15) is 5.11 Å². The van der Waals surface area contributed by atoms with Gasteiger partial charge in [-0.2, -0.15) is 0 Å². The molecule has 0 aromatic carbocycles. The molecule has 0 aromatic heterocycles. The summed E-state index contributed by atoms with van der Waals surface area (Å²) in [5, 5.41) is 19.0. The zero-order chi connectivity index (χ0) is 9.90. The summed E-state index contributed by atoms with van der Waals surface area (Å²) < 4.78 is 0. The number of hydrogen-bond acceptors (Lipinski definition) is 3. The van der Waals surface area contributed by atoms with Crippen LogP contribution in [0.2, 0.25) is 0 Å². The average molecular weight is 187 g/mol. The molecule has 0 aliphatic carbocycles. The maximum Gasteiger partial charge on any atom is 0.0743 e. The number of hydrogen-bond donors (Lipinski definition) is 2. The summed E-state index contributed by atoms with van der Waals surface area (Å²) in [6.07, 6.45) is 2.98. The number of nitrogens with zero attached hydrogens (tertiary/aromatic N) is 1. The van der Waals surface area contributed by atoms with Gasteiger partial charge in [0.25, 0.3) is 0 Å². The van der Waals surface area contributed by atoms with E-state index < -0.39 is 5.60 Å². The van der Waals surface area contributed by atoms with E-state index in [1.54, 1.807) is 0 Å². The molecule has 3 nitrogen and oxygen atoms in total. The minimum atomic E-state index is -0.599. The third-order valence-electron chi connectivity index (χ3n) is 3.02. The van der Waals surface area contributed by atoms with Gasteiger partial charge in [-0.3, -0.25) is 4.90 Å². The first kappa shape index (κ1) is 11.0. The Morgan fingerprint density at radius 1 is 1.54 bits per heavy atom. The molecule has 3 heteroatoms. The first-order valence-corrected chi connectivity index (χ1v) is 5.16. The van der Waals surface area contributed by atoms with Crippen LogP contribution in [0, 0.1) is 0 Å². The number of rotatable bonds is 4. The molecule has 2 N–H and O–H groups in total. The summed E-state index contributed by atoms with van der Waals surface area (Å²) in [5.74, 6) is 0. The molecule has 0 spiro atoms. The van der Waals surface area contributed by atoms with E-state index in [0.29, 0.717) is 6.54 Å². The van der Waals surface area contributed by atoms with Gasteiger partial charge in [-0.15, -0.1) is 0 Å². The van der Waals surface area contributed by atoms with Gasteiger partial charge in [0, 0.05) is 12.6 Å². The molecule has 1 aliphatic heterocycles. The summed E-state index contributed by atoms with van der Waals surface area (Å²) in [4.78, 5) is 2.20. The summed E-state index contributed by atoms with van der Waals surface area (Å²) in [5.41, 5.74) is -0.599. The smallest absolute Gasteiger partial charge is 0.0743 e. The molecule has 0 saturated carbocycles. The molecule has 13 heavy (non-hydrogen) atoms. The van der Waals surface area contributed by atoms with Crippen molar-refractivity contribution in [3.05, 3.63) is 0 Å². The van der Waals surface area contributed by atoms with Crippen molar-refractivity contribution < 1.29 is 10.2 Å². The zero-order valence-corrected chi connectivity index (χ0v) is 8.66. The molecule has 0 radical (unpaired) electrons. The summed E-state index contributed by atoms with van der Waals surface area (Å²) >= 11 is 0. The third-order valence-corrected chi connectivity index (χ3v) is 3.02.